The van der Waals surface area contributed by atoms with Crippen molar-refractivity contribution in [3.05, 3.63) is 46.5 Å². The lowest BCUT2D eigenvalue weighted by atomic mass is 9.99. The van der Waals surface area contributed by atoms with Crippen molar-refractivity contribution in [3.63, 3.8) is 0 Å². The number of hydrogen-bond donors (Lipinski definition) is 1. The highest BCUT2D eigenvalue weighted by Gasteiger charge is 2.23. The van der Waals surface area contributed by atoms with Crippen LogP contribution in [-0.2, 0) is 26.2 Å². The molecular weight excluding hydrogens is 320 g/mol. The van der Waals surface area contributed by atoms with E-state index < -0.39 is 0 Å². The standard InChI is InChI=1S/C18H26N4OS/c1-2-9-21-17(13-23)19-22(18(21)24)14-20-10-8-16(12-20)11-15-6-4-3-5-7-15/h3-7,16,23H,2,8-14H2,1H3. The molecule has 1 atom stereocenters. The summed E-state index contributed by atoms with van der Waals surface area (Å²) < 4.78 is 4.53. The zero-order valence-corrected chi connectivity index (χ0v) is 15.1. The fourth-order valence-corrected chi connectivity index (χ4v) is 3.78. The van der Waals surface area contributed by atoms with Gasteiger partial charge in [0.25, 0.3) is 0 Å². The Morgan fingerprint density at radius 1 is 1.29 bits per heavy atom. The highest BCUT2D eigenvalue weighted by Crippen LogP contribution is 2.21. The van der Waals surface area contributed by atoms with Crippen LogP contribution in [0.5, 0.6) is 0 Å². The van der Waals surface area contributed by atoms with Crippen molar-refractivity contribution in [2.75, 3.05) is 13.1 Å². The van der Waals surface area contributed by atoms with Crippen LogP contribution in [0, 0.1) is 10.7 Å². The van der Waals surface area contributed by atoms with E-state index in [1.807, 2.05) is 9.25 Å². The van der Waals surface area contributed by atoms with E-state index in [9.17, 15) is 5.11 Å². The molecule has 0 aliphatic carbocycles. The molecule has 0 spiro atoms. The van der Waals surface area contributed by atoms with E-state index in [1.54, 1.807) is 0 Å². The molecule has 1 N–H and O–H groups in total. The number of nitrogens with zero attached hydrogens (tertiary/aromatic N) is 4. The summed E-state index contributed by atoms with van der Waals surface area (Å²) in [6.45, 7) is 5.72. The van der Waals surface area contributed by atoms with Crippen molar-refractivity contribution >= 4 is 12.2 Å². The molecule has 6 heteroatoms. The topological polar surface area (TPSA) is 46.2 Å². The molecule has 0 radical (unpaired) electrons. The molecule has 0 amide bonds. The van der Waals surface area contributed by atoms with Crippen molar-refractivity contribution in [3.8, 4) is 0 Å². The average Bonchev–Trinajstić information content (AvgIpc) is 3.15. The van der Waals surface area contributed by atoms with Gasteiger partial charge in [0.2, 0.25) is 0 Å². The fraction of sp³-hybridized carbons (Fsp3) is 0.556. The summed E-state index contributed by atoms with van der Waals surface area (Å²) in [5, 5.41) is 14.0. The second kappa shape index (κ2) is 8.05. The van der Waals surface area contributed by atoms with Gasteiger partial charge in [-0.2, -0.15) is 5.10 Å². The number of aliphatic hydroxyl groups is 1. The molecule has 1 fully saturated rings. The molecule has 1 aromatic carbocycles. The SMILES string of the molecule is CCCn1c(CO)nn(CN2CCC(Cc3ccccc3)C2)c1=S. The third kappa shape index (κ3) is 3.94. The Bertz CT molecular complexity index is 710. The van der Waals surface area contributed by atoms with E-state index in [2.05, 4.69) is 47.3 Å². The second-order valence-corrected chi connectivity index (χ2v) is 6.94. The van der Waals surface area contributed by atoms with Gasteiger partial charge in [0.15, 0.2) is 10.6 Å². The van der Waals surface area contributed by atoms with Crippen LogP contribution >= 0.6 is 12.2 Å². The smallest absolute Gasteiger partial charge is 0.199 e. The Morgan fingerprint density at radius 2 is 2.08 bits per heavy atom. The monoisotopic (exact) mass is 346 g/mol. The molecule has 1 aliphatic rings. The van der Waals surface area contributed by atoms with Gasteiger partial charge in [-0.15, -0.1) is 0 Å². The first-order chi connectivity index (χ1) is 11.7. The van der Waals surface area contributed by atoms with Crippen LogP contribution in [0.4, 0.5) is 0 Å². The number of benzene rings is 1. The first kappa shape index (κ1) is 17.3. The molecule has 1 unspecified atom stereocenters. The summed E-state index contributed by atoms with van der Waals surface area (Å²) in [5.74, 6) is 1.36. The van der Waals surface area contributed by atoms with Gasteiger partial charge in [-0.25, -0.2) is 4.68 Å². The maximum atomic E-state index is 9.49. The maximum Gasteiger partial charge on any atom is 0.199 e. The quantitative estimate of drug-likeness (QED) is 0.783. The van der Waals surface area contributed by atoms with E-state index in [4.69, 9.17) is 12.2 Å². The zero-order valence-electron chi connectivity index (χ0n) is 14.3. The summed E-state index contributed by atoms with van der Waals surface area (Å²) in [7, 11) is 0. The molecule has 3 rings (SSSR count). The zero-order chi connectivity index (χ0) is 16.9. The van der Waals surface area contributed by atoms with Crippen molar-refractivity contribution in [1.29, 1.82) is 0 Å². The second-order valence-electron chi connectivity index (χ2n) is 6.57. The van der Waals surface area contributed by atoms with Crippen LogP contribution in [0.1, 0.15) is 31.2 Å². The minimum atomic E-state index is -0.0622. The first-order valence-corrected chi connectivity index (χ1v) is 9.15. The fourth-order valence-electron chi connectivity index (χ4n) is 3.49. The molecular formula is C18H26N4OS. The predicted octanol–water partition coefficient (Wildman–Crippen LogP) is 2.84. The highest BCUT2D eigenvalue weighted by atomic mass is 32.1. The molecule has 2 aromatic rings. The lowest BCUT2D eigenvalue weighted by Gasteiger charge is -2.16. The maximum absolute atomic E-state index is 9.49. The molecule has 5 nitrogen and oxygen atoms in total. The summed E-state index contributed by atoms with van der Waals surface area (Å²) in [4.78, 5) is 2.41. The van der Waals surface area contributed by atoms with E-state index in [1.165, 1.54) is 12.0 Å². The largest absolute Gasteiger partial charge is 0.388 e. The van der Waals surface area contributed by atoms with Crippen molar-refractivity contribution < 1.29 is 5.11 Å². The minimum Gasteiger partial charge on any atom is -0.388 e. The van der Waals surface area contributed by atoms with Gasteiger partial charge in [-0.1, -0.05) is 37.3 Å². The Labute approximate surface area is 148 Å². The van der Waals surface area contributed by atoms with Crippen LogP contribution in [0.3, 0.4) is 0 Å². The van der Waals surface area contributed by atoms with E-state index >= 15 is 0 Å². The summed E-state index contributed by atoms with van der Waals surface area (Å²) in [6, 6.07) is 10.7. The summed E-state index contributed by atoms with van der Waals surface area (Å²) in [6.07, 6.45) is 3.33. The molecule has 0 saturated carbocycles. The van der Waals surface area contributed by atoms with Crippen LogP contribution in [-0.4, -0.2) is 37.4 Å². The van der Waals surface area contributed by atoms with Gasteiger partial charge in [0.05, 0.1) is 6.67 Å². The predicted molar refractivity (Wildman–Crippen MR) is 97.1 cm³/mol. The van der Waals surface area contributed by atoms with Crippen LogP contribution < -0.4 is 0 Å². The molecule has 1 aliphatic heterocycles. The Morgan fingerprint density at radius 3 is 2.79 bits per heavy atom. The molecule has 1 aromatic heterocycles. The minimum absolute atomic E-state index is 0.0622. The third-order valence-electron chi connectivity index (χ3n) is 4.66. The number of aromatic nitrogens is 3. The van der Waals surface area contributed by atoms with Crippen molar-refractivity contribution in [1.82, 2.24) is 19.2 Å². The lowest BCUT2D eigenvalue weighted by molar-refractivity contribution is 0.238. The van der Waals surface area contributed by atoms with E-state index in [0.717, 1.165) is 32.5 Å². The summed E-state index contributed by atoms with van der Waals surface area (Å²) >= 11 is 5.54. The van der Waals surface area contributed by atoms with Crippen molar-refractivity contribution in [2.45, 2.75) is 46.0 Å². The molecule has 130 valence electrons. The van der Waals surface area contributed by atoms with Gasteiger partial charge in [0.1, 0.15) is 6.61 Å². The lowest BCUT2D eigenvalue weighted by Crippen LogP contribution is -2.25. The molecule has 24 heavy (non-hydrogen) atoms. The van der Waals surface area contributed by atoms with Crippen LogP contribution in [0.25, 0.3) is 0 Å². The van der Waals surface area contributed by atoms with Gasteiger partial charge >= 0.3 is 0 Å². The van der Waals surface area contributed by atoms with Crippen molar-refractivity contribution in [2.24, 2.45) is 5.92 Å². The average molecular weight is 346 g/mol. The first-order valence-electron chi connectivity index (χ1n) is 8.75. The van der Waals surface area contributed by atoms with E-state index in [-0.39, 0.29) is 6.61 Å². The number of likely N-dealkylation sites (tertiary alicyclic amines) is 1. The van der Waals surface area contributed by atoms with Crippen LogP contribution in [0.15, 0.2) is 30.3 Å². The van der Waals surface area contributed by atoms with Gasteiger partial charge in [0, 0.05) is 19.6 Å². The van der Waals surface area contributed by atoms with E-state index in [0.29, 0.717) is 23.2 Å². The Kier molecular flexibility index (Phi) is 5.81. The molecule has 2 heterocycles. The molecule has 1 saturated heterocycles. The van der Waals surface area contributed by atoms with Gasteiger partial charge < -0.3 is 9.67 Å². The number of hydrogen-bond acceptors (Lipinski definition) is 4. The Balaban J connectivity index is 1.62. The Hall–Kier alpha value is -1.50. The molecule has 0 bridgehead atoms. The van der Waals surface area contributed by atoms with Gasteiger partial charge in [-0.05, 0) is 43.0 Å². The highest BCUT2D eigenvalue weighted by molar-refractivity contribution is 7.71. The third-order valence-corrected chi connectivity index (χ3v) is 5.09. The van der Waals surface area contributed by atoms with Gasteiger partial charge in [-0.3, -0.25) is 4.90 Å². The van der Waals surface area contributed by atoms with Crippen LogP contribution in [0.2, 0.25) is 0 Å². The number of aliphatic hydroxyl groups excluding tert-OH is 1. The normalized spacial score (nSPS) is 18.3. The summed E-state index contributed by atoms with van der Waals surface area (Å²) in [5.41, 5.74) is 1.41. The number of rotatable bonds is 7.